The number of amides is 3. The Morgan fingerprint density at radius 1 is 1.21 bits per heavy atom. The number of nitrogens with one attached hydrogen (secondary N) is 1. The molecule has 1 spiro atoms. The predicted octanol–water partition coefficient (Wildman–Crippen LogP) is 4.47. The average Bonchev–Trinajstić information content (AvgIpc) is 3.44. The fourth-order valence-electron chi connectivity index (χ4n) is 5.76. The van der Waals surface area contributed by atoms with Crippen molar-refractivity contribution in [2.45, 2.75) is 57.2 Å². The first-order chi connectivity index (χ1) is 18.3. The molecule has 4 bridgehead atoms. The van der Waals surface area contributed by atoms with Gasteiger partial charge in [-0.15, -0.1) is 0 Å². The number of hydrogen-bond donors (Lipinski definition) is 1. The summed E-state index contributed by atoms with van der Waals surface area (Å²) in [6.45, 7) is 4.47. The third-order valence-electron chi connectivity index (χ3n) is 7.67. The van der Waals surface area contributed by atoms with Crippen LogP contribution in [0.3, 0.4) is 0 Å². The molecular weight excluding hydrogens is 480 g/mol. The zero-order valence-corrected chi connectivity index (χ0v) is 21.7. The van der Waals surface area contributed by atoms with E-state index >= 15 is 0 Å². The molecule has 8 heteroatoms. The SMILES string of the molecule is CC(C)C[C@H]1C(=O)N2C[C@]3(C[C@H]2C#N)C(=O)Nc2ccc(cc23)/C=C\CCN1C(=O)OCc1ccccc1. The maximum absolute atomic E-state index is 14.2. The second-order valence-electron chi connectivity index (χ2n) is 10.7. The highest BCUT2D eigenvalue weighted by atomic mass is 16.6. The van der Waals surface area contributed by atoms with Crippen molar-refractivity contribution in [2.24, 2.45) is 5.92 Å². The van der Waals surface area contributed by atoms with Crippen molar-refractivity contribution in [1.29, 1.82) is 5.26 Å². The molecule has 3 aliphatic rings. The Labute approximate surface area is 222 Å². The Morgan fingerprint density at radius 3 is 2.74 bits per heavy atom. The number of carbonyl (C=O) groups excluding carboxylic acids is 3. The molecule has 1 N–H and O–H groups in total. The lowest BCUT2D eigenvalue weighted by atomic mass is 9.79. The van der Waals surface area contributed by atoms with Crippen LogP contribution in [0, 0.1) is 17.2 Å². The summed E-state index contributed by atoms with van der Waals surface area (Å²) in [5, 5.41) is 13.0. The van der Waals surface area contributed by atoms with Crippen LogP contribution >= 0.6 is 0 Å². The van der Waals surface area contributed by atoms with E-state index in [0.29, 0.717) is 12.8 Å². The van der Waals surface area contributed by atoms with E-state index in [-0.39, 0.29) is 43.8 Å². The maximum atomic E-state index is 14.2. The molecule has 3 aliphatic heterocycles. The molecule has 0 saturated carbocycles. The van der Waals surface area contributed by atoms with Crippen LogP contribution in [0.5, 0.6) is 0 Å². The molecular formula is C30H32N4O4. The molecule has 2 aromatic rings. The summed E-state index contributed by atoms with van der Waals surface area (Å²) in [6.07, 6.45) is 4.52. The lowest BCUT2D eigenvalue weighted by Gasteiger charge is -2.34. The molecule has 0 radical (unpaired) electrons. The minimum absolute atomic E-state index is 0.0943. The molecule has 38 heavy (non-hydrogen) atoms. The van der Waals surface area contributed by atoms with Gasteiger partial charge in [0.05, 0.1) is 11.5 Å². The van der Waals surface area contributed by atoms with Gasteiger partial charge in [-0.3, -0.25) is 14.5 Å². The predicted molar refractivity (Wildman–Crippen MR) is 143 cm³/mol. The third kappa shape index (κ3) is 4.65. The van der Waals surface area contributed by atoms with Crippen LogP contribution in [0.2, 0.25) is 0 Å². The molecule has 5 rings (SSSR count). The lowest BCUT2D eigenvalue weighted by Crippen LogP contribution is -2.53. The highest BCUT2D eigenvalue weighted by molar-refractivity contribution is 6.07. The minimum atomic E-state index is -0.996. The number of carbonyl (C=O) groups is 3. The van der Waals surface area contributed by atoms with Gasteiger partial charge in [-0.05, 0) is 47.6 Å². The Balaban J connectivity index is 1.53. The Kier molecular flexibility index (Phi) is 6.94. The number of nitriles is 1. The fourth-order valence-corrected chi connectivity index (χ4v) is 5.76. The molecule has 0 aliphatic carbocycles. The van der Waals surface area contributed by atoms with Crippen molar-refractivity contribution in [3.05, 3.63) is 71.3 Å². The van der Waals surface area contributed by atoms with Crippen molar-refractivity contribution in [2.75, 3.05) is 18.4 Å². The Bertz CT molecular complexity index is 1320. The summed E-state index contributed by atoms with van der Waals surface area (Å²) in [6, 6.07) is 15.9. The normalized spacial score (nSPS) is 25.2. The second-order valence-corrected chi connectivity index (χ2v) is 10.7. The summed E-state index contributed by atoms with van der Waals surface area (Å²) in [7, 11) is 0. The minimum Gasteiger partial charge on any atom is -0.445 e. The molecule has 8 nitrogen and oxygen atoms in total. The number of hydrogen-bond acceptors (Lipinski definition) is 5. The largest absolute Gasteiger partial charge is 0.445 e. The number of benzene rings is 2. The molecule has 3 heterocycles. The smallest absolute Gasteiger partial charge is 0.410 e. The van der Waals surface area contributed by atoms with Gasteiger partial charge in [0.2, 0.25) is 11.8 Å². The standard InChI is InChI=1S/C30H32N4O4/c1-20(2)14-26-27(35)34-19-30(16-23(34)17-31)24-15-21(11-12-25(24)32-28(30)36)8-6-7-13-33(26)29(37)38-18-22-9-4-3-5-10-22/h3-6,8-12,15,20,23,26H,7,13-14,16,18-19H2,1-2H3,(H,32,36)/b8-6-/t23-,26-,30-/m0/s1. The fraction of sp³-hybridized carbons (Fsp3) is 0.400. The van der Waals surface area contributed by atoms with Gasteiger partial charge < -0.3 is 15.0 Å². The zero-order chi connectivity index (χ0) is 26.9. The number of ether oxygens (including phenoxy) is 1. The van der Waals surface area contributed by atoms with Crippen LogP contribution in [-0.4, -0.2) is 52.9 Å². The quantitative estimate of drug-likeness (QED) is 0.651. The van der Waals surface area contributed by atoms with Gasteiger partial charge in [-0.25, -0.2) is 4.79 Å². The highest BCUT2D eigenvalue weighted by Gasteiger charge is 2.57. The molecule has 196 valence electrons. The van der Waals surface area contributed by atoms with E-state index in [9.17, 15) is 19.6 Å². The van der Waals surface area contributed by atoms with E-state index < -0.39 is 23.6 Å². The summed E-state index contributed by atoms with van der Waals surface area (Å²) in [5.74, 6) is -0.411. The molecule has 1 fully saturated rings. The molecule has 0 aromatic heterocycles. The van der Waals surface area contributed by atoms with Crippen LogP contribution in [0.1, 0.15) is 49.8 Å². The zero-order valence-electron chi connectivity index (χ0n) is 21.7. The summed E-state index contributed by atoms with van der Waals surface area (Å²) in [4.78, 5) is 44.0. The maximum Gasteiger partial charge on any atom is 0.410 e. The molecule has 2 aromatic carbocycles. The van der Waals surface area contributed by atoms with Crippen LogP contribution in [0.15, 0.2) is 54.6 Å². The van der Waals surface area contributed by atoms with Gasteiger partial charge in [-0.1, -0.05) is 62.4 Å². The van der Waals surface area contributed by atoms with Crippen molar-refractivity contribution in [1.82, 2.24) is 9.80 Å². The summed E-state index contributed by atoms with van der Waals surface area (Å²) < 4.78 is 5.68. The molecule has 3 atom stereocenters. The van der Waals surface area contributed by atoms with Gasteiger partial charge in [0.25, 0.3) is 0 Å². The number of nitrogens with zero attached hydrogens (tertiary/aromatic N) is 3. The van der Waals surface area contributed by atoms with Crippen molar-refractivity contribution >= 4 is 29.7 Å². The van der Waals surface area contributed by atoms with E-state index in [1.165, 1.54) is 9.80 Å². The third-order valence-corrected chi connectivity index (χ3v) is 7.67. The molecule has 3 amide bonds. The van der Waals surface area contributed by atoms with Crippen molar-refractivity contribution < 1.29 is 19.1 Å². The average molecular weight is 513 g/mol. The van der Waals surface area contributed by atoms with Gasteiger partial charge in [0, 0.05) is 25.2 Å². The highest BCUT2D eigenvalue weighted by Crippen LogP contribution is 2.47. The van der Waals surface area contributed by atoms with Gasteiger partial charge in [0.15, 0.2) is 0 Å². The Hall–Kier alpha value is -4.12. The van der Waals surface area contributed by atoms with Crippen molar-refractivity contribution in [3.8, 4) is 6.07 Å². The topological polar surface area (TPSA) is 103 Å². The molecule has 1 saturated heterocycles. The summed E-state index contributed by atoms with van der Waals surface area (Å²) >= 11 is 0. The van der Waals surface area contributed by atoms with Crippen molar-refractivity contribution in [3.63, 3.8) is 0 Å². The van der Waals surface area contributed by atoms with E-state index in [1.807, 2.05) is 74.5 Å². The summed E-state index contributed by atoms with van der Waals surface area (Å²) in [5.41, 5.74) is 2.32. The van der Waals surface area contributed by atoms with Gasteiger partial charge >= 0.3 is 6.09 Å². The second kappa shape index (κ2) is 10.3. The number of anilines is 1. The Morgan fingerprint density at radius 2 is 2.00 bits per heavy atom. The van der Waals surface area contributed by atoms with E-state index in [0.717, 1.165) is 22.4 Å². The van der Waals surface area contributed by atoms with E-state index in [1.54, 1.807) is 0 Å². The van der Waals surface area contributed by atoms with Gasteiger partial charge in [-0.2, -0.15) is 5.26 Å². The van der Waals surface area contributed by atoms with Crippen LogP contribution < -0.4 is 5.32 Å². The van der Waals surface area contributed by atoms with E-state index in [4.69, 9.17) is 4.74 Å². The first kappa shape index (κ1) is 25.5. The van der Waals surface area contributed by atoms with Crippen LogP contribution in [-0.2, 0) is 26.3 Å². The van der Waals surface area contributed by atoms with Crippen LogP contribution in [0.25, 0.3) is 6.08 Å². The first-order valence-electron chi connectivity index (χ1n) is 13.1. The number of rotatable bonds is 4. The van der Waals surface area contributed by atoms with Gasteiger partial charge in [0.1, 0.15) is 18.7 Å². The monoisotopic (exact) mass is 512 g/mol. The van der Waals surface area contributed by atoms with Crippen LogP contribution in [0.4, 0.5) is 10.5 Å². The lowest BCUT2D eigenvalue weighted by molar-refractivity contribution is -0.137. The first-order valence-corrected chi connectivity index (χ1v) is 13.1. The molecule has 0 unspecified atom stereocenters. The number of fused-ring (bicyclic) bond motifs is 2. The van der Waals surface area contributed by atoms with E-state index in [2.05, 4.69) is 11.4 Å².